The van der Waals surface area contributed by atoms with Crippen molar-refractivity contribution in [2.75, 3.05) is 12.4 Å². The fraction of sp³-hybridized carbons (Fsp3) is 0.455. The molecule has 1 amide bonds. The second-order valence-corrected chi connectivity index (χ2v) is 8.89. The lowest BCUT2D eigenvalue weighted by atomic mass is 9.69. The van der Waals surface area contributed by atoms with Gasteiger partial charge in [-0.2, -0.15) is 5.26 Å². The van der Waals surface area contributed by atoms with Gasteiger partial charge in [0, 0.05) is 10.4 Å². The Bertz CT molecular complexity index is 892. The zero-order valence-electron chi connectivity index (χ0n) is 16.4. The van der Waals surface area contributed by atoms with E-state index >= 15 is 0 Å². The number of methoxy groups -OCH3 is 1. The van der Waals surface area contributed by atoms with E-state index in [1.54, 1.807) is 42.7 Å². The Kier molecular flexibility index (Phi) is 5.57. The minimum Gasteiger partial charge on any atom is -0.497 e. The smallest absolute Gasteiger partial charge is 0.256 e. The van der Waals surface area contributed by atoms with Crippen molar-refractivity contribution in [1.29, 1.82) is 5.26 Å². The van der Waals surface area contributed by atoms with Crippen LogP contribution in [0.1, 0.15) is 60.0 Å². The number of hydrogen-bond acceptors (Lipinski definition) is 4. The summed E-state index contributed by atoms with van der Waals surface area (Å²) in [7, 11) is 1.58. The molecule has 1 aliphatic carbocycles. The number of nitrogens with zero attached hydrogens (tertiary/aromatic N) is 1. The first-order chi connectivity index (χ1) is 12.9. The van der Waals surface area contributed by atoms with Crippen LogP contribution in [-0.2, 0) is 12.8 Å². The van der Waals surface area contributed by atoms with E-state index in [9.17, 15) is 10.1 Å². The van der Waals surface area contributed by atoms with Crippen LogP contribution in [-0.4, -0.2) is 13.0 Å². The van der Waals surface area contributed by atoms with Gasteiger partial charge in [0.1, 0.15) is 16.8 Å². The highest BCUT2D eigenvalue weighted by molar-refractivity contribution is 7.16. The number of benzene rings is 1. The molecule has 1 aromatic heterocycles. The van der Waals surface area contributed by atoms with Crippen molar-refractivity contribution >= 4 is 22.2 Å². The highest BCUT2D eigenvalue weighted by atomic mass is 32.1. The first kappa shape index (κ1) is 19.4. The average molecular weight is 383 g/mol. The van der Waals surface area contributed by atoms with Crippen molar-refractivity contribution in [2.45, 2.75) is 46.5 Å². The number of carbonyl (C=O) groups is 1. The summed E-state index contributed by atoms with van der Waals surface area (Å²) in [5.74, 6) is 1.04. The maximum atomic E-state index is 12.7. The number of nitriles is 1. The first-order valence-electron chi connectivity index (χ1n) is 9.39. The summed E-state index contributed by atoms with van der Waals surface area (Å²) in [6, 6.07) is 9.36. The Labute approximate surface area is 165 Å². The molecule has 1 aromatic carbocycles. The van der Waals surface area contributed by atoms with Crippen molar-refractivity contribution in [2.24, 2.45) is 11.3 Å². The van der Waals surface area contributed by atoms with Crippen LogP contribution in [0.3, 0.4) is 0 Å². The van der Waals surface area contributed by atoms with Gasteiger partial charge in [0.05, 0.1) is 12.7 Å². The summed E-state index contributed by atoms with van der Waals surface area (Å²) >= 11 is 1.56. The molecule has 0 bridgehead atoms. The molecule has 1 atom stereocenters. The summed E-state index contributed by atoms with van der Waals surface area (Å²) < 4.78 is 5.19. The molecule has 1 aliphatic rings. The van der Waals surface area contributed by atoms with E-state index in [2.05, 4.69) is 32.2 Å². The summed E-state index contributed by atoms with van der Waals surface area (Å²) in [6.07, 6.45) is 4.15. The largest absolute Gasteiger partial charge is 0.497 e. The van der Waals surface area contributed by atoms with E-state index in [1.165, 1.54) is 4.88 Å². The normalized spacial score (nSPS) is 16.3. The van der Waals surface area contributed by atoms with E-state index in [1.807, 2.05) is 0 Å². The van der Waals surface area contributed by atoms with Crippen LogP contribution >= 0.6 is 11.3 Å². The molecule has 1 heterocycles. The Hall–Kier alpha value is -2.32. The van der Waals surface area contributed by atoms with Gasteiger partial charge in [-0.15, -0.1) is 11.3 Å². The molecule has 3 rings (SSSR count). The molecule has 4 nitrogen and oxygen atoms in total. The van der Waals surface area contributed by atoms with Crippen molar-refractivity contribution in [3.05, 3.63) is 45.8 Å². The third-order valence-electron chi connectivity index (χ3n) is 5.95. The van der Waals surface area contributed by atoms with Crippen LogP contribution in [0.4, 0.5) is 5.00 Å². The van der Waals surface area contributed by atoms with Gasteiger partial charge in [-0.25, -0.2) is 0 Å². The van der Waals surface area contributed by atoms with Gasteiger partial charge in [0.15, 0.2) is 0 Å². The summed E-state index contributed by atoms with van der Waals surface area (Å²) in [6.45, 7) is 6.89. The molecule has 5 heteroatoms. The lowest BCUT2D eigenvalue weighted by Gasteiger charge is -2.36. The minimum atomic E-state index is -0.213. The molecule has 27 heavy (non-hydrogen) atoms. The molecular weight excluding hydrogens is 356 g/mol. The summed E-state index contributed by atoms with van der Waals surface area (Å²) in [5.41, 5.74) is 2.58. The van der Waals surface area contributed by atoms with Crippen molar-refractivity contribution in [3.63, 3.8) is 0 Å². The second kappa shape index (κ2) is 7.74. The third-order valence-corrected chi connectivity index (χ3v) is 7.12. The zero-order valence-corrected chi connectivity index (χ0v) is 17.2. The fourth-order valence-corrected chi connectivity index (χ4v) is 4.96. The molecule has 0 aliphatic heterocycles. The van der Waals surface area contributed by atoms with Crippen LogP contribution < -0.4 is 10.1 Å². The Balaban J connectivity index is 1.86. The summed E-state index contributed by atoms with van der Waals surface area (Å²) in [4.78, 5) is 13.9. The number of thiophene rings is 1. The standard InChI is InChI=1S/C22H26N2O2S/c1-5-22(2,3)15-9-10-17-18(13-23)21(27-19(17)12-15)24-20(25)14-7-6-8-16(11-14)26-4/h6-8,11,15H,5,9-10,12H2,1-4H3,(H,24,25). The number of carbonyl (C=O) groups excluding carboxylic acids is 1. The van der Waals surface area contributed by atoms with Crippen LogP contribution in [0.5, 0.6) is 5.75 Å². The number of hydrogen-bond donors (Lipinski definition) is 1. The topological polar surface area (TPSA) is 62.1 Å². The van der Waals surface area contributed by atoms with Crippen LogP contribution in [0.15, 0.2) is 24.3 Å². The van der Waals surface area contributed by atoms with Gasteiger partial charge in [0.2, 0.25) is 0 Å². The van der Waals surface area contributed by atoms with Crippen molar-refractivity contribution in [3.8, 4) is 11.8 Å². The van der Waals surface area contributed by atoms with Gasteiger partial charge in [-0.05, 0) is 54.4 Å². The second-order valence-electron chi connectivity index (χ2n) is 7.79. The number of ether oxygens (including phenoxy) is 1. The number of amides is 1. The lowest BCUT2D eigenvalue weighted by molar-refractivity contribution is 0.102. The van der Waals surface area contributed by atoms with Crippen LogP contribution in [0.25, 0.3) is 0 Å². The van der Waals surface area contributed by atoms with Crippen molar-refractivity contribution < 1.29 is 9.53 Å². The fourth-order valence-electron chi connectivity index (χ4n) is 3.69. The highest BCUT2D eigenvalue weighted by Crippen LogP contribution is 2.45. The molecule has 0 radical (unpaired) electrons. The minimum absolute atomic E-state index is 0.213. The zero-order chi connectivity index (χ0) is 19.6. The molecule has 1 N–H and O–H groups in total. The maximum Gasteiger partial charge on any atom is 0.256 e. The van der Waals surface area contributed by atoms with E-state index in [0.717, 1.165) is 31.2 Å². The van der Waals surface area contributed by atoms with Gasteiger partial charge in [0.25, 0.3) is 5.91 Å². The van der Waals surface area contributed by atoms with Crippen LogP contribution in [0, 0.1) is 22.7 Å². The maximum absolute atomic E-state index is 12.7. The predicted octanol–water partition coefficient (Wildman–Crippen LogP) is 5.42. The molecule has 0 saturated carbocycles. The Morgan fingerprint density at radius 3 is 2.89 bits per heavy atom. The lowest BCUT2D eigenvalue weighted by Crippen LogP contribution is -2.28. The first-order valence-corrected chi connectivity index (χ1v) is 10.2. The third kappa shape index (κ3) is 3.86. The van der Waals surface area contributed by atoms with Gasteiger partial charge < -0.3 is 10.1 Å². The predicted molar refractivity (Wildman–Crippen MR) is 110 cm³/mol. The highest BCUT2D eigenvalue weighted by Gasteiger charge is 2.34. The number of fused-ring (bicyclic) bond motifs is 1. The van der Waals surface area contributed by atoms with E-state index in [0.29, 0.717) is 33.2 Å². The van der Waals surface area contributed by atoms with Gasteiger partial charge in [-0.3, -0.25) is 4.79 Å². The number of anilines is 1. The molecule has 0 saturated heterocycles. The summed E-state index contributed by atoms with van der Waals surface area (Å²) in [5, 5.41) is 13.3. The Morgan fingerprint density at radius 1 is 1.44 bits per heavy atom. The number of nitrogens with one attached hydrogen (secondary N) is 1. The van der Waals surface area contributed by atoms with E-state index in [-0.39, 0.29) is 5.91 Å². The molecule has 0 fully saturated rings. The molecule has 142 valence electrons. The number of rotatable bonds is 5. The van der Waals surface area contributed by atoms with Gasteiger partial charge in [-0.1, -0.05) is 33.3 Å². The van der Waals surface area contributed by atoms with E-state index in [4.69, 9.17) is 4.74 Å². The Morgan fingerprint density at radius 2 is 2.22 bits per heavy atom. The molecule has 1 unspecified atom stereocenters. The quantitative estimate of drug-likeness (QED) is 0.751. The average Bonchev–Trinajstić information content (AvgIpc) is 3.03. The monoisotopic (exact) mass is 382 g/mol. The van der Waals surface area contributed by atoms with E-state index < -0.39 is 0 Å². The van der Waals surface area contributed by atoms with Crippen molar-refractivity contribution in [1.82, 2.24) is 0 Å². The van der Waals surface area contributed by atoms with Crippen LogP contribution in [0.2, 0.25) is 0 Å². The van der Waals surface area contributed by atoms with Gasteiger partial charge >= 0.3 is 0 Å². The SMILES string of the molecule is CCC(C)(C)C1CCc2c(sc(NC(=O)c3cccc(OC)c3)c2C#N)C1. The molecule has 2 aromatic rings. The molecule has 0 spiro atoms. The molecular formula is C22H26N2O2S.